The number of H-pyrrole nitrogens is 1. The average Bonchev–Trinajstić information content (AvgIpc) is 3.03. The molecule has 6 nitrogen and oxygen atoms in total. The number of methoxy groups -OCH3 is 1. The third-order valence-electron chi connectivity index (χ3n) is 3.61. The first kappa shape index (κ1) is 13.1. The van der Waals surface area contributed by atoms with Crippen LogP contribution in [0.15, 0.2) is 18.2 Å². The van der Waals surface area contributed by atoms with Gasteiger partial charge in [-0.25, -0.2) is 4.98 Å². The van der Waals surface area contributed by atoms with Crippen molar-refractivity contribution in [1.82, 2.24) is 15.3 Å². The Hall–Kier alpha value is -1.92. The highest BCUT2D eigenvalue weighted by Crippen LogP contribution is 2.18. The van der Waals surface area contributed by atoms with Crippen LogP contribution in [0.5, 0.6) is 0 Å². The fourth-order valence-electron chi connectivity index (χ4n) is 2.53. The minimum absolute atomic E-state index is 0.0277. The Labute approximate surface area is 116 Å². The molecule has 2 aromatic rings. The van der Waals surface area contributed by atoms with Gasteiger partial charge < -0.3 is 20.4 Å². The number of rotatable bonds is 3. The molecule has 2 heterocycles. The number of aromatic amines is 1. The van der Waals surface area contributed by atoms with Crippen LogP contribution >= 0.6 is 0 Å². The number of fused-ring (bicyclic) bond motifs is 1. The summed E-state index contributed by atoms with van der Waals surface area (Å²) in [5.74, 6) is 0.837. The number of amides is 1. The summed E-state index contributed by atoms with van der Waals surface area (Å²) in [6.07, 6.45) is 0.816. The Balaban J connectivity index is 1.71. The fourth-order valence-corrected chi connectivity index (χ4v) is 2.53. The van der Waals surface area contributed by atoms with Crippen LogP contribution in [0.2, 0.25) is 0 Å². The van der Waals surface area contributed by atoms with Crippen molar-refractivity contribution in [3.8, 4) is 0 Å². The van der Waals surface area contributed by atoms with Crippen LogP contribution in [0.25, 0.3) is 11.0 Å². The molecule has 1 fully saturated rings. The molecule has 0 saturated carbocycles. The molecule has 1 aromatic heterocycles. The zero-order chi connectivity index (χ0) is 14.1. The SMILES string of the molecule is COC1CNC(C(=O)Nc2ccc3nc(C)[nH]c3c2)C1. The number of nitrogens with one attached hydrogen (secondary N) is 3. The molecule has 0 aliphatic carbocycles. The summed E-state index contributed by atoms with van der Waals surface area (Å²) >= 11 is 0. The number of imidazole rings is 1. The van der Waals surface area contributed by atoms with E-state index in [-0.39, 0.29) is 18.1 Å². The predicted octanol–water partition coefficient (Wildman–Crippen LogP) is 1.19. The number of anilines is 1. The Morgan fingerprint density at radius 2 is 2.35 bits per heavy atom. The lowest BCUT2D eigenvalue weighted by Gasteiger charge is -2.11. The summed E-state index contributed by atoms with van der Waals surface area (Å²) in [6.45, 7) is 2.62. The van der Waals surface area contributed by atoms with Gasteiger partial charge in [0.25, 0.3) is 0 Å². The average molecular weight is 274 g/mol. The standard InChI is InChI=1S/C14H18N4O2/c1-8-16-11-4-3-9(5-12(11)17-8)18-14(19)13-6-10(20-2)7-15-13/h3-5,10,13,15H,6-7H2,1-2H3,(H,16,17)(H,18,19). The normalized spacial score (nSPS) is 22.3. The monoisotopic (exact) mass is 274 g/mol. The van der Waals surface area contributed by atoms with Gasteiger partial charge in [-0.05, 0) is 31.5 Å². The van der Waals surface area contributed by atoms with Crippen molar-refractivity contribution in [3.63, 3.8) is 0 Å². The number of aryl methyl sites for hydroxylation is 1. The van der Waals surface area contributed by atoms with Gasteiger partial charge in [0.2, 0.25) is 5.91 Å². The smallest absolute Gasteiger partial charge is 0.241 e. The molecule has 0 bridgehead atoms. The lowest BCUT2D eigenvalue weighted by molar-refractivity contribution is -0.118. The summed E-state index contributed by atoms with van der Waals surface area (Å²) in [7, 11) is 1.67. The number of hydrogen-bond donors (Lipinski definition) is 3. The second kappa shape index (κ2) is 5.22. The molecule has 3 rings (SSSR count). The predicted molar refractivity (Wildman–Crippen MR) is 76.7 cm³/mol. The van der Waals surface area contributed by atoms with E-state index in [1.165, 1.54) is 0 Å². The van der Waals surface area contributed by atoms with E-state index in [9.17, 15) is 4.79 Å². The van der Waals surface area contributed by atoms with E-state index in [4.69, 9.17) is 4.74 Å². The van der Waals surface area contributed by atoms with Crippen molar-refractivity contribution < 1.29 is 9.53 Å². The molecule has 2 atom stereocenters. The van der Waals surface area contributed by atoms with E-state index in [0.717, 1.165) is 22.5 Å². The minimum atomic E-state index is -0.195. The largest absolute Gasteiger partial charge is 0.380 e. The number of benzene rings is 1. The first-order valence-electron chi connectivity index (χ1n) is 6.69. The summed E-state index contributed by atoms with van der Waals surface area (Å²) < 4.78 is 5.25. The van der Waals surface area contributed by atoms with Crippen LogP contribution in [0.1, 0.15) is 12.2 Å². The number of ether oxygens (including phenoxy) is 1. The molecule has 6 heteroatoms. The van der Waals surface area contributed by atoms with Gasteiger partial charge >= 0.3 is 0 Å². The van der Waals surface area contributed by atoms with E-state index in [2.05, 4.69) is 20.6 Å². The summed E-state index contributed by atoms with van der Waals surface area (Å²) in [5.41, 5.74) is 2.60. The summed E-state index contributed by atoms with van der Waals surface area (Å²) in [6, 6.07) is 5.47. The lowest BCUT2D eigenvalue weighted by atomic mass is 10.2. The molecule has 1 aliphatic rings. The molecule has 1 aromatic carbocycles. The number of nitrogens with zero attached hydrogens (tertiary/aromatic N) is 1. The third kappa shape index (κ3) is 2.52. The van der Waals surface area contributed by atoms with Gasteiger partial charge in [0.1, 0.15) is 5.82 Å². The van der Waals surface area contributed by atoms with Crippen LogP contribution in [-0.4, -0.2) is 41.7 Å². The molecule has 1 amide bonds. The van der Waals surface area contributed by atoms with E-state index in [1.807, 2.05) is 25.1 Å². The maximum absolute atomic E-state index is 12.2. The van der Waals surface area contributed by atoms with Gasteiger partial charge in [-0.3, -0.25) is 4.79 Å². The summed E-state index contributed by atoms with van der Waals surface area (Å²) in [4.78, 5) is 19.7. The minimum Gasteiger partial charge on any atom is -0.380 e. The van der Waals surface area contributed by atoms with Gasteiger partial charge in [0.05, 0.1) is 23.2 Å². The maximum Gasteiger partial charge on any atom is 0.241 e. The van der Waals surface area contributed by atoms with Gasteiger partial charge in [-0.15, -0.1) is 0 Å². The van der Waals surface area contributed by atoms with Crippen LogP contribution in [0.4, 0.5) is 5.69 Å². The number of hydrogen-bond acceptors (Lipinski definition) is 4. The zero-order valence-corrected chi connectivity index (χ0v) is 11.6. The lowest BCUT2D eigenvalue weighted by Crippen LogP contribution is -2.35. The van der Waals surface area contributed by atoms with E-state index < -0.39 is 0 Å². The molecular formula is C14H18N4O2. The number of aromatic nitrogens is 2. The quantitative estimate of drug-likeness (QED) is 0.785. The van der Waals surface area contributed by atoms with Crippen LogP contribution in [-0.2, 0) is 9.53 Å². The van der Waals surface area contributed by atoms with Crippen LogP contribution in [0, 0.1) is 6.92 Å². The molecule has 106 valence electrons. The van der Waals surface area contributed by atoms with Crippen molar-refractivity contribution in [2.24, 2.45) is 0 Å². The van der Waals surface area contributed by atoms with Crippen molar-refractivity contribution in [3.05, 3.63) is 24.0 Å². The van der Waals surface area contributed by atoms with Crippen LogP contribution < -0.4 is 10.6 Å². The molecular weight excluding hydrogens is 256 g/mol. The first-order chi connectivity index (χ1) is 9.65. The Kier molecular flexibility index (Phi) is 3.42. The molecule has 0 spiro atoms. The topological polar surface area (TPSA) is 79.0 Å². The van der Waals surface area contributed by atoms with E-state index >= 15 is 0 Å². The molecule has 3 N–H and O–H groups in total. The van der Waals surface area contributed by atoms with Crippen molar-refractivity contribution in [2.75, 3.05) is 19.0 Å². The zero-order valence-electron chi connectivity index (χ0n) is 11.6. The van der Waals surface area contributed by atoms with Gasteiger partial charge in [-0.1, -0.05) is 0 Å². The Morgan fingerprint density at radius 1 is 1.50 bits per heavy atom. The highest BCUT2D eigenvalue weighted by molar-refractivity contribution is 5.96. The maximum atomic E-state index is 12.2. The van der Waals surface area contributed by atoms with Crippen molar-refractivity contribution in [2.45, 2.75) is 25.5 Å². The molecule has 1 saturated heterocycles. The number of carbonyl (C=O) groups excluding carboxylic acids is 1. The highest BCUT2D eigenvalue weighted by atomic mass is 16.5. The molecule has 2 unspecified atom stereocenters. The molecule has 1 aliphatic heterocycles. The van der Waals surface area contributed by atoms with Crippen molar-refractivity contribution in [1.29, 1.82) is 0 Å². The highest BCUT2D eigenvalue weighted by Gasteiger charge is 2.29. The van der Waals surface area contributed by atoms with Gasteiger partial charge in [0, 0.05) is 19.3 Å². The Bertz CT molecular complexity index is 637. The van der Waals surface area contributed by atoms with Gasteiger partial charge in [0.15, 0.2) is 0 Å². The van der Waals surface area contributed by atoms with Crippen molar-refractivity contribution >= 4 is 22.6 Å². The Morgan fingerprint density at radius 3 is 3.10 bits per heavy atom. The fraction of sp³-hybridized carbons (Fsp3) is 0.429. The second-order valence-electron chi connectivity index (χ2n) is 5.10. The first-order valence-corrected chi connectivity index (χ1v) is 6.69. The summed E-state index contributed by atoms with van der Waals surface area (Å²) in [5, 5.41) is 6.09. The third-order valence-corrected chi connectivity index (χ3v) is 3.61. The second-order valence-corrected chi connectivity index (χ2v) is 5.10. The van der Waals surface area contributed by atoms with Gasteiger partial charge in [-0.2, -0.15) is 0 Å². The molecule has 0 radical (unpaired) electrons. The van der Waals surface area contributed by atoms with Crippen LogP contribution in [0.3, 0.4) is 0 Å². The molecule has 20 heavy (non-hydrogen) atoms. The number of carbonyl (C=O) groups is 1. The van der Waals surface area contributed by atoms with E-state index in [1.54, 1.807) is 7.11 Å². The van der Waals surface area contributed by atoms with E-state index in [0.29, 0.717) is 13.0 Å².